The van der Waals surface area contributed by atoms with Crippen molar-refractivity contribution in [3.05, 3.63) is 23.9 Å². The van der Waals surface area contributed by atoms with Gasteiger partial charge in [-0.05, 0) is 25.0 Å². The molecular weight excluding hydrogens is 297 g/mol. The summed E-state index contributed by atoms with van der Waals surface area (Å²) in [5.74, 6) is 0.340. The maximum Gasteiger partial charge on any atom is 0.416 e. The maximum atomic E-state index is 12.8. The van der Waals surface area contributed by atoms with Crippen molar-refractivity contribution in [3.8, 4) is 0 Å². The van der Waals surface area contributed by atoms with Crippen molar-refractivity contribution in [3.63, 3.8) is 0 Å². The Bertz CT molecular complexity index is 542. The van der Waals surface area contributed by atoms with E-state index in [-0.39, 0.29) is 17.6 Å². The molecule has 7 heteroatoms. The first kappa shape index (κ1) is 15.6. The van der Waals surface area contributed by atoms with Gasteiger partial charge in [0.15, 0.2) is 0 Å². The quantitative estimate of drug-likeness (QED) is 0.910. The molecule has 0 unspecified atom stereocenters. The lowest BCUT2D eigenvalue weighted by Crippen LogP contribution is -2.62. The molecule has 2 fully saturated rings. The smallest absolute Gasteiger partial charge is 0.392 e. The zero-order valence-electron chi connectivity index (χ0n) is 12.3. The molecular formula is C15H19F3N2O2. The number of anilines is 1. The molecule has 3 rings (SSSR count). The molecule has 1 aromatic heterocycles. The van der Waals surface area contributed by atoms with Gasteiger partial charge >= 0.3 is 6.18 Å². The number of piperidine rings is 1. The van der Waals surface area contributed by atoms with Gasteiger partial charge in [-0.2, -0.15) is 13.2 Å². The largest absolute Gasteiger partial charge is 0.416 e. The number of hydrogen-bond acceptors (Lipinski definition) is 4. The monoisotopic (exact) mass is 316 g/mol. The summed E-state index contributed by atoms with van der Waals surface area (Å²) < 4.78 is 43.7. The first-order valence-electron chi connectivity index (χ1n) is 7.36. The van der Waals surface area contributed by atoms with E-state index < -0.39 is 11.7 Å². The number of nitrogens with zero attached hydrogens (tertiary/aromatic N) is 2. The molecule has 2 heterocycles. The van der Waals surface area contributed by atoms with E-state index in [4.69, 9.17) is 4.74 Å². The van der Waals surface area contributed by atoms with Crippen molar-refractivity contribution in [2.24, 2.45) is 5.41 Å². The lowest BCUT2D eigenvalue weighted by Gasteiger charge is -2.56. The fraction of sp³-hybridized carbons (Fsp3) is 0.667. The molecule has 22 heavy (non-hydrogen) atoms. The van der Waals surface area contributed by atoms with Gasteiger partial charge in [-0.25, -0.2) is 4.98 Å². The highest BCUT2D eigenvalue weighted by molar-refractivity contribution is 5.42. The van der Waals surface area contributed by atoms with E-state index in [0.29, 0.717) is 38.2 Å². The molecule has 1 N–H and O–H groups in total. The Kier molecular flexibility index (Phi) is 3.81. The highest BCUT2D eigenvalue weighted by Gasteiger charge is 2.55. The first-order valence-corrected chi connectivity index (χ1v) is 7.36. The maximum absolute atomic E-state index is 12.8. The summed E-state index contributed by atoms with van der Waals surface area (Å²) in [5.41, 5.74) is -0.927. The van der Waals surface area contributed by atoms with E-state index in [2.05, 4.69) is 4.98 Å². The second kappa shape index (κ2) is 5.38. The Balaban J connectivity index is 1.72. The molecule has 1 saturated carbocycles. The predicted octanol–water partition coefficient (Wildman–Crippen LogP) is 2.47. The number of ether oxygens (including phenoxy) is 1. The van der Waals surface area contributed by atoms with Crippen molar-refractivity contribution in [1.29, 1.82) is 0 Å². The number of hydrogen-bond donors (Lipinski definition) is 1. The number of alkyl halides is 3. The molecule has 0 aromatic carbocycles. The molecule has 2 aliphatic rings. The van der Waals surface area contributed by atoms with E-state index in [1.54, 1.807) is 7.11 Å². The molecule has 0 amide bonds. The van der Waals surface area contributed by atoms with Crippen LogP contribution in [0.2, 0.25) is 0 Å². The van der Waals surface area contributed by atoms with Crippen molar-refractivity contribution in [2.45, 2.75) is 37.6 Å². The standard InChI is InChI=1S/C15H19F3N2O2/c1-22-12-9-11(21)14(12)3-6-20(7-4-14)13-8-10(2-5-19-13)15(16,17)18/h2,5,8,11-12,21H,3-4,6-7,9H2,1H3/t11-,12+/m1/s1. The van der Waals surface area contributed by atoms with Gasteiger partial charge in [-0.15, -0.1) is 0 Å². The predicted molar refractivity (Wildman–Crippen MR) is 74.5 cm³/mol. The molecule has 122 valence electrons. The average Bonchev–Trinajstić information content (AvgIpc) is 2.52. The van der Waals surface area contributed by atoms with Gasteiger partial charge < -0.3 is 14.7 Å². The zero-order chi connectivity index (χ0) is 16.0. The Morgan fingerprint density at radius 2 is 2.05 bits per heavy atom. The number of halogens is 3. The van der Waals surface area contributed by atoms with Crippen LogP contribution < -0.4 is 4.90 Å². The second-order valence-electron chi connectivity index (χ2n) is 6.10. The van der Waals surface area contributed by atoms with Crippen molar-refractivity contribution < 1.29 is 23.0 Å². The van der Waals surface area contributed by atoms with Gasteiger partial charge in [0.25, 0.3) is 0 Å². The van der Waals surface area contributed by atoms with Crippen LogP contribution in [0.25, 0.3) is 0 Å². The third kappa shape index (κ3) is 2.46. The van der Waals surface area contributed by atoms with Gasteiger partial charge in [0.1, 0.15) is 5.82 Å². The summed E-state index contributed by atoms with van der Waals surface area (Å²) >= 11 is 0. The highest BCUT2D eigenvalue weighted by Crippen LogP contribution is 2.51. The van der Waals surface area contributed by atoms with Gasteiger partial charge in [0, 0.05) is 38.2 Å². The van der Waals surface area contributed by atoms with Gasteiger partial charge in [0.05, 0.1) is 17.8 Å². The number of pyridine rings is 1. The van der Waals surface area contributed by atoms with Gasteiger partial charge in [-0.1, -0.05) is 0 Å². The van der Waals surface area contributed by atoms with Crippen LogP contribution in [0.3, 0.4) is 0 Å². The summed E-state index contributed by atoms with van der Waals surface area (Å²) in [6.07, 6.45) is -1.47. The molecule has 1 aliphatic heterocycles. The van der Waals surface area contributed by atoms with Crippen LogP contribution in [-0.4, -0.2) is 42.5 Å². The molecule has 1 aromatic rings. The summed E-state index contributed by atoms with van der Waals surface area (Å²) in [7, 11) is 1.64. The molecule has 1 saturated heterocycles. The van der Waals surface area contributed by atoms with E-state index in [1.807, 2.05) is 4.90 Å². The van der Waals surface area contributed by atoms with Gasteiger partial charge in [0.2, 0.25) is 0 Å². The van der Waals surface area contributed by atoms with Crippen LogP contribution in [-0.2, 0) is 10.9 Å². The lowest BCUT2D eigenvalue weighted by molar-refractivity contribution is -0.190. The summed E-state index contributed by atoms with van der Waals surface area (Å²) in [5, 5.41) is 10.1. The molecule has 0 radical (unpaired) electrons. The fourth-order valence-electron chi connectivity index (χ4n) is 3.63. The Labute approximate surface area is 126 Å². The van der Waals surface area contributed by atoms with Crippen LogP contribution in [0.1, 0.15) is 24.8 Å². The van der Waals surface area contributed by atoms with Crippen LogP contribution in [0.4, 0.5) is 19.0 Å². The average molecular weight is 316 g/mol. The summed E-state index contributed by atoms with van der Waals surface area (Å²) in [6.45, 7) is 1.15. The Morgan fingerprint density at radius 3 is 2.59 bits per heavy atom. The van der Waals surface area contributed by atoms with Gasteiger partial charge in [-0.3, -0.25) is 0 Å². The number of aliphatic hydroxyl groups is 1. The normalized spacial score (nSPS) is 27.8. The van der Waals surface area contributed by atoms with E-state index in [9.17, 15) is 18.3 Å². The third-order valence-corrected chi connectivity index (χ3v) is 5.12. The molecule has 1 aliphatic carbocycles. The summed E-state index contributed by atoms with van der Waals surface area (Å²) in [4.78, 5) is 5.90. The first-order chi connectivity index (χ1) is 10.4. The third-order valence-electron chi connectivity index (χ3n) is 5.12. The molecule has 2 atom stereocenters. The van der Waals surface area contributed by atoms with Crippen LogP contribution in [0, 0.1) is 5.41 Å². The molecule has 0 bridgehead atoms. The lowest BCUT2D eigenvalue weighted by atomic mass is 9.58. The fourth-order valence-corrected chi connectivity index (χ4v) is 3.63. The Hall–Kier alpha value is -1.34. The Morgan fingerprint density at radius 1 is 1.36 bits per heavy atom. The minimum Gasteiger partial charge on any atom is -0.392 e. The van der Waals surface area contributed by atoms with Crippen LogP contribution in [0.5, 0.6) is 0 Å². The van der Waals surface area contributed by atoms with E-state index in [0.717, 1.165) is 12.1 Å². The summed E-state index contributed by atoms with van der Waals surface area (Å²) in [6, 6.07) is 2.06. The second-order valence-corrected chi connectivity index (χ2v) is 6.10. The van der Waals surface area contributed by atoms with Crippen molar-refractivity contribution >= 4 is 5.82 Å². The van der Waals surface area contributed by atoms with Crippen LogP contribution in [0.15, 0.2) is 18.3 Å². The molecule has 4 nitrogen and oxygen atoms in total. The van der Waals surface area contributed by atoms with E-state index >= 15 is 0 Å². The number of rotatable bonds is 2. The minimum absolute atomic E-state index is 0.0409. The zero-order valence-corrected chi connectivity index (χ0v) is 12.3. The minimum atomic E-state index is -4.36. The SMILES string of the molecule is CO[C@H]1C[C@@H](O)C12CCN(c1cc(C(F)(F)F)ccn1)CC2. The van der Waals surface area contributed by atoms with Crippen molar-refractivity contribution in [1.82, 2.24) is 4.98 Å². The number of aliphatic hydroxyl groups excluding tert-OH is 1. The highest BCUT2D eigenvalue weighted by atomic mass is 19.4. The number of methoxy groups -OCH3 is 1. The topological polar surface area (TPSA) is 45.6 Å². The van der Waals surface area contributed by atoms with Crippen LogP contribution >= 0.6 is 0 Å². The number of aromatic nitrogens is 1. The van der Waals surface area contributed by atoms with E-state index in [1.165, 1.54) is 6.20 Å². The van der Waals surface area contributed by atoms with Crippen molar-refractivity contribution in [2.75, 3.05) is 25.1 Å². The molecule has 1 spiro atoms.